The lowest BCUT2D eigenvalue weighted by molar-refractivity contribution is 0.0340. The van der Waals surface area contributed by atoms with Gasteiger partial charge in [0, 0.05) is 45.4 Å². The standard InChI is InChI=1S/C18H30N2O2S/c1-14(22)17-9-15(12-23-17)10-19-6-7-20(13-18(2,3)4)16(11-19)5-8-21/h9,12,16,21H,5-8,10-11,13H2,1-4H3/t16-/m0/s1. The van der Waals surface area contributed by atoms with Gasteiger partial charge in [-0.3, -0.25) is 14.6 Å². The molecule has 0 aliphatic carbocycles. The highest BCUT2D eigenvalue weighted by atomic mass is 32.1. The summed E-state index contributed by atoms with van der Waals surface area (Å²) in [7, 11) is 0. The minimum atomic E-state index is 0.148. The van der Waals surface area contributed by atoms with E-state index in [1.165, 1.54) is 16.9 Å². The van der Waals surface area contributed by atoms with Crippen molar-refractivity contribution in [1.82, 2.24) is 9.80 Å². The molecule has 0 amide bonds. The van der Waals surface area contributed by atoms with Gasteiger partial charge in [-0.05, 0) is 35.8 Å². The summed E-state index contributed by atoms with van der Waals surface area (Å²) < 4.78 is 0. The summed E-state index contributed by atoms with van der Waals surface area (Å²) in [4.78, 5) is 17.3. The molecule has 1 fully saturated rings. The number of rotatable bonds is 6. The van der Waals surface area contributed by atoms with Crippen molar-refractivity contribution in [2.45, 2.75) is 46.7 Å². The van der Waals surface area contributed by atoms with E-state index in [4.69, 9.17) is 0 Å². The highest BCUT2D eigenvalue weighted by molar-refractivity contribution is 7.12. The number of Topliss-reactive ketones (excluding diaryl/α,β-unsaturated/α-hetero) is 1. The van der Waals surface area contributed by atoms with Crippen LogP contribution in [0.25, 0.3) is 0 Å². The molecule has 5 heteroatoms. The minimum Gasteiger partial charge on any atom is -0.396 e. The van der Waals surface area contributed by atoms with Crippen LogP contribution in [0.3, 0.4) is 0 Å². The van der Waals surface area contributed by atoms with Crippen LogP contribution in [-0.2, 0) is 6.54 Å². The van der Waals surface area contributed by atoms with Crippen molar-refractivity contribution >= 4 is 17.1 Å². The third-order valence-corrected chi connectivity index (χ3v) is 5.32. The number of carbonyl (C=O) groups is 1. The van der Waals surface area contributed by atoms with Gasteiger partial charge in [0.15, 0.2) is 5.78 Å². The molecule has 0 unspecified atom stereocenters. The zero-order valence-electron chi connectivity index (χ0n) is 14.8. The first kappa shape index (κ1) is 18.6. The molecule has 0 spiro atoms. The van der Waals surface area contributed by atoms with Gasteiger partial charge in [0.05, 0.1) is 4.88 Å². The molecule has 1 aliphatic heterocycles. The summed E-state index contributed by atoms with van der Waals surface area (Å²) in [6.07, 6.45) is 0.828. The monoisotopic (exact) mass is 338 g/mol. The van der Waals surface area contributed by atoms with E-state index in [1.54, 1.807) is 6.92 Å². The smallest absolute Gasteiger partial charge is 0.169 e. The zero-order valence-corrected chi connectivity index (χ0v) is 15.7. The zero-order chi connectivity index (χ0) is 17.0. The highest BCUT2D eigenvalue weighted by Gasteiger charge is 2.29. The quantitative estimate of drug-likeness (QED) is 0.810. The maximum absolute atomic E-state index is 11.4. The van der Waals surface area contributed by atoms with Crippen molar-refractivity contribution in [3.05, 3.63) is 21.9 Å². The first-order valence-corrected chi connectivity index (χ1v) is 9.32. The van der Waals surface area contributed by atoms with E-state index < -0.39 is 0 Å². The summed E-state index contributed by atoms with van der Waals surface area (Å²) >= 11 is 1.54. The first-order valence-electron chi connectivity index (χ1n) is 8.44. The number of nitrogens with zero attached hydrogens (tertiary/aromatic N) is 2. The second kappa shape index (κ2) is 7.88. The molecule has 23 heavy (non-hydrogen) atoms. The van der Waals surface area contributed by atoms with E-state index >= 15 is 0 Å². The maximum atomic E-state index is 11.4. The van der Waals surface area contributed by atoms with Crippen molar-refractivity contribution in [1.29, 1.82) is 0 Å². The van der Waals surface area contributed by atoms with Crippen LogP contribution in [0.1, 0.15) is 49.4 Å². The van der Waals surface area contributed by atoms with Crippen LogP contribution in [0.5, 0.6) is 0 Å². The Hall–Kier alpha value is -0.750. The Bertz CT molecular complexity index is 521. The molecule has 1 atom stereocenters. The number of hydrogen-bond donors (Lipinski definition) is 1. The molecule has 1 aromatic rings. The largest absolute Gasteiger partial charge is 0.396 e. The van der Waals surface area contributed by atoms with Crippen molar-refractivity contribution in [2.75, 3.05) is 32.8 Å². The minimum absolute atomic E-state index is 0.148. The number of carbonyl (C=O) groups excluding carboxylic acids is 1. The SMILES string of the molecule is CC(=O)c1cc(CN2CCN(CC(C)(C)C)[C@@H](CCO)C2)cs1. The predicted octanol–water partition coefficient (Wildman–Crippen LogP) is 2.87. The maximum Gasteiger partial charge on any atom is 0.169 e. The fourth-order valence-electron chi connectivity index (χ4n) is 3.24. The molecule has 1 aliphatic rings. The number of aliphatic hydroxyl groups is 1. The molecule has 4 nitrogen and oxygen atoms in total. The Kier molecular flexibility index (Phi) is 6.37. The normalized spacial score (nSPS) is 20.8. The van der Waals surface area contributed by atoms with Crippen molar-refractivity contribution in [2.24, 2.45) is 5.41 Å². The molecule has 1 saturated heterocycles. The topological polar surface area (TPSA) is 43.8 Å². The molecule has 1 aromatic heterocycles. The number of ketones is 1. The van der Waals surface area contributed by atoms with E-state index in [2.05, 4.69) is 36.0 Å². The van der Waals surface area contributed by atoms with Crippen LogP contribution in [0.2, 0.25) is 0 Å². The molecular formula is C18H30N2O2S. The first-order chi connectivity index (χ1) is 10.8. The second-order valence-corrected chi connectivity index (χ2v) is 8.72. The molecule has 0 saturated carbocycles. The molecule has 2 heterocycles. The van der Waals surface area contributed by atoms with Crippen LogP contribution < -0.4 is 0 Å². The van der Waals surface area contributed by atoms with E-state index in [0.717, 1.165) is 44.0 Å². The summed E-state index contributed by atoms with van der Waals surface area (Å²) in [5.41, 5.74) is 1.51. The number of thiophene rings is 1. The lowest BCUT2D eigenvalue weighted by Crippen LogP contribution is -2.54. The lowest BCUT2D eigenvalue weighted by atomic mass is 9.94. The van der Waals surface area contributed by atoms with Gasteiger partial charge in [-0.2, -0.15) is 0 Å². The molecule has 0 aromatic carbocycles. The van der Waals surface area contributed by atoms with Crippen molar-refractivity contribution < 1.29 is 9.90 Å². The Balaban J connectivity index is 1.96. The molecule has 0 bridgehead atoms. The lowest BCUT2D eigenvalue weighted by Gasteiger charge is -2.43. The highest BCUT2D eigenvalue weighted by Crippen LogP contribution is 2.23. The summed E-state index contributed by atoms with van der Waals surface area (Å²) in [6, 6.07) is 2.44. The van der Waals surface area contributed by atoms with Gasteiger partial charge in [0.2, 0.25) is 0 Å². The average molecular weight is 339 g/mol. The van der Waals surface area contributed by atoms with Gasteiger partial charge < -0.3 is 5.11 Å². The molecule has 1 N–H and O–H groups in total. The third kappa shape index (κ3) is 5.68. The van der Waals surface area contributed by atoms with E-state index in [-0.39, 0.29) is 17.8 Å². The number of hydrogen-bond acceptors (Lipinski definition) is 5. The Morgan fingerprint density at radius 2 is 2.13 bits per heavy atom. The van der Waals surface area contributed by atoms with Crippen LogP contribution in [-0.4, -0.2) is 59.5 Å². The third-order valence-electron chi connectivity index (χ3n) is 4.24. The fourth-order valence-corrected chi connectivity index (χ4v) is 4.05. The van der Waals surface area contributed by atoms with Gasteiger partial charge in [-0.15, -0.1) is 11.3 Å². The van der Waals surface area contributed by atoms with Gasteiger partial charge in [0.1, 0.15) is 0 Å². The fraction of sp³-hybridized carbons (Fsp3) is 0.722. The Morgan fingerprint density at radius 1 is 1.39 bits per heavy atom. The predicted molar refractivity (Wildman–Crippen MR) is 96.1 cm³/mol. The van der Waals surface area contributed by atoms with Gasteiger partial charge in [-0.25, -0.2) is 0 Å². The van der Waals surface area contributed by atoms with Crippen LogP contribution in [0, 0.1) is 5.41 Å². The summed E-state index contributed by atoms with van der Waals surface area (Å²) in [6.45, 7) is 13.7. The number of piperazine rings is 1. The van der Waals surface area contributed by atoms with Crippen LogP contribution >= 0.6 is 11.3 Å². The van der Waals surface area contributed by atoms with Gasteiger partial charge in [-0.1, -0.05) is 20.8 Å². The van der Waals surface area contributed by atoms with Crippen molar-refractivity contribution in [3.63, 3.8) is 0 Å². The molecule has 130 valence electrons. The van der Waals surface area contributed by atoms with Gasteiger partial charge >= 0.3 is 0 Å². The average Bonchev–Trinajstić information content (AvgIpc) is 2.89. The number of aliphatic hydroxyl groups excluding tert-OH is 1. The Labute approximate surface area is 144 Å². The second-order valence-electron chi connectivity index (χ2n) is 7.81. The van der Waals surface area contributed by atoms with Crippen molar-refractivity contribution in [3.8, 4) is 0 Å². The summed E-state index contributed by atoms with van der Waals surface area (Å²) in [5.74, 6) is 0.148. The molecular weight excluding hydrogens is 308 g/mol. The Morgan fingerprint density at radius 3 is 2.70 bits per heavy atom. The van der Waals surface area contributed by atoms with Crippen LogP contribution in [0.4, 0.5) is 0 Å². The summed E-state index contributed by atoms with van der Waals surface area (Å²) in [5, 5.41) is 11.5. The van der Waals surface area contributed by atoms with E-state index in [9.17, 15) is 9.90 Å². The molecule has 0 radical (unpaired) electrons. The van der Waals surface area contributed by atoms with E-state index in [0.29, 0.717) is 6.04 Å². The van der Waals surface area contributed by atoms with Gasteiger partial charge in [0.25, 0.3) is 0 Å². The van der Waals surface area contributed by atoms with Crippen LogP contribution in [0.15, 0.2) is 11.4 Å². The van der Waals surface area contributed by atoms with E-state index in [1.807, 2.05) is 6.07 Å². The molecule has 2 rings (SSSR count).